The third-order valence-corrected chi connectivity index (χ3v) is 16.1. The smallest absolute Gasteiger partial charge is 0.410 e. The normalized spacial score (nSPS) is 18.4. The molecule has 6 aromatic rings. The summed E-state index contributed by atoms with van der Waals surface area (Å²) in [6.45, 7) is 11.6. The SMILES string of the molecule is CCOC1CCCO1.CS(=O)(=O)N1CC2(CCNCC2)c2cccnc21.Cc1ccc(CN2CCC3(CC2)CN(S(C)(=O)=O)c2ncccc23)cc1.O=C(Nc1cnc(-c2ccccc2)cn1)Oc1ccccc1. The number of ether oxygens (including phenoxy) is 3. The number of carbonyl (C=O) groups excluding carboxylic acids is 1. The van der Waals surface area contributed by atoms with Gasteiger partial charge in [-0.15, -0.1) is 0 Å². The van der Waals surface area contributed by atoms with Gasteiger partial charge in [0, 0.05) is 79.2 Å². The Balaban J connectivity index is 0.000000139. The second-order valence-corrected chi connectivity index (χ2v) is 23.1. The molecular formula is C55H67N9O8S2. The van der Waals surface area contributed by atoms with Crippen molar-refractivity contribution in [1.29, 1.82) is 0 Å². The molecule has 3 aromatic heterocycles. The largest absolute Gasteiger partial charge is 0.418 e. The van der Waals surface area contributed by atoms with E-state index in [4.69, 9.17) is 14.2 Å². The predicted molar refractivity (Wildman–Crippen MR) is 288 cm³/mol. The van der Waals surface area contributed by atoms with E-state index >= 15 is 0 Å². The monoisotopic (exact) mass is 1050 g/mol. The molecule has 11 rings (SSSR count). The molecule has 17 nitrogen and oxygen atoms in total. The van der Waals surface area contributed by atoms with E-state index in [1.165, 1.54) is 38.4 Å². The van der Waals surface area contributed by atoms with E-state index in [2.05, 4.69) is 72.7 Å². The highest BCUT2D eigenvalue weighted by Gasteiger charge is 2.48. The first kappa shape index (κ1) is 53.9. The van der Waals surface area contributed by atoms with Crippen LogP contribution in [0.1, 0.15) is 67.7 Å². The number of nitrogens with zero attached hydrogens (tertiary/aromatic N) is 7. The van der Waals surface area contributed by atoms with Crippen LogP contribution in [0, 0.1) is 6.92 Å². The summed E-state index contributed by atoms with van der Waals surface area (Å²) in [7, 11) is -6.54. The fourth-order valence-corrected chi connectivity index (χ4v) is 11.9. The van der Waals surface area contributed by atoms with Crippen molar-refractivity contribution >= 4 is 43.6 Å². The van der Waals surface area contributed by atoms with Crippen LogP contribution >= 0.6 is 0 Å². The first-order valence-corrected chi connectivity index (χ1v) is 28.8. The number of hydrogen-bond acceptors (Lipinski definition) is 14. The molecular weight excluding hydrogens is 979 g/mol. The first-order valence-electron chi connectivity index (χ1n) is 25.1. The number of anilines is 3. The predicted octanol–water partition coefficient (Wildman–Crippen LogP) is 8.10. The van der Waals surface area contributed by atoms with E-state index in [0.717, 1.165) is 107 Å². The number of pyridine rings is 2. The Morgan fingerprint density at radius 1 is 0.730 bits per heavy atom. The Bertz CT molecular complexity index is 2990. The van der Waals surface area contributed by atoms with Crippen LogP contribution in [0.2, 0.25) is 0 Å². The number of fused-ring (bicyclic) bond motifs is 4. The van der Waals surface area contributed by atoms with Gasteiger partial charge in [0.15, 0.2) is 12.1 Å². The second-order valence-electron chi connectivity index (χ2n) is 19.2. The molecule has 3 aromatic carbocycles. The van der Waals surface area contributed by atoms with Gasteiger partial charge in [-0.25, -0.2) is 36.6 Å². The van der Waals surface area contributed by atoms with Crippen molar-refractivity contribution in [3.05, 3.63) is 156 Å². The summed E-state index contributed by atoms with van der Waals surface area (Å²) in [5, 5.41) is 5.87. The molecule has 1 amide bonds. The molecule has 0 bridgehead atoms. The summed E-state index contributed by atoms with van der Waals surface area (Å²) in [6.07, 6.45) is 14.6. The van der Waals surface area contributed by atoms with Crippen molar-refractivity contribution in [2.75, 3.05) is 78.9 Å². The van der Waals surface area contributed by atoms with Gasteiger partial charge in [0.2, 0.25) is 20.0 Å². The molecule has 1 unspecified atom stereocenters. The number of aryl methyl sites for hydroxylation is 1. The molecule has 74 heavy (non-hydrogen) atoms. The summed E-state index contributed by atoms with van der Waals surface area (Å²) in [4.78, 5) is 31.3. The van der Waals surface area contributed by atoms with Gasteiger partial charge < -0.3 is 19.5 Å². The van der Waals surface area contributed by atoms with E-state index in [9.17, 15) is 21.6 Å². The highest BCUT2D eigenvalue weighted by Crippen LogP contribution is 2.47. The van der Waals surface area contributed by atoms with Crippen LogP contribution in [0.5, 0.6) is 5.75 Å². The molecule has 0 saturated carbocycles. The lowest BCUT2D eigenvalue weighted by Gasteiger charge is -2.39. The number of likely N-dealkylation sites (tertiary alicyclic amines) is 1. The molecule has 0 radical (unpaired) electrons. The second kappa shape index (κ2) is 24.3. The van der Waals surface area contributed by atoms with Gasteiger partial charge >= 0.3 is 6.09 Å². The summed E-state index contributed by atoms with van der Waals surface area (Å²) in [6, 6.07) is 35.1. The van der Waals surface area contributed by atoms with Gasteiger partial charge in [-0.05, 0) is 102 Å². The third-order valence-electron chi connectivity index (χ3n) is 13.9. The number of para-hydroxylation sites is 1. The van der Waals surface area contributed by atoms with Crippen LogP contribution in [-0.4, -0.2) is 119 Å². The van der Waals surface area contributed by atoms with Gasteiger partial charge in [-0.2, -0.15) is 0 Å². The molecule has 2 N–H and O–H groups in total. The summed E-state index contributed by atoms with van der Waals surface area (Å²) >= 11 is 0. The Kier molecular flexibility index (Phi) is 17.7. The van der Waals surface area contributed by atoms with Crippen LogP contribution in [0.15, 0.2) is 134 Å². The van der Waals surface area contributed by atoms with Crippen molar-refractivity contribution in [3.8, 4) is 17.0 Å². The van der Waals surface area contributed by atoms with Crippen molar-refractivity contribution in [2.45, 2.75) is 76.0 Å². The molecule has 2 spiro atoms. The molecule has 0 aliphatic carbocycles. The minimum Gasteiger partial charge on any atom is -0.410 e. The number of benzene rings is 3. The highest BCUT2D eigenvalue weighted by molar-refractivity contribution is 7.92. The van der Waals surface area contributed by atoms with Gasteiger partial charge in [-0.1, -0.05) is 90.5 Å². The highest BCUT2D eigenvalue weighted by atomic mass is 32.2. The number of rotatable bonds is 9. The van der Waals surface area contributed by atoms with Crippen molar-refractivity contribution in [3.63, 3.8) is 0 Å². The maximum absolute atomic E-state index is 12.2. The van der Waals surface area contributed by atoms with Crippen LogP contribution in [0.4, 0.5) is 22.2 Å². The maximum Gasteiger partial charge on any atom is 0.418 e. The number of amides is 1. The quantitative estimate of drug-likeness (QED) is 0.141. The zero-order valence-electron chi connectivity index (χ0n) is 42.6. The molecule has 3 saturated heterocycles. The fourth-order valence-electron chi connectivity index (χ4n) is 10.0. The molecule has 19 heteroatoms. The zero-order chi connectivity index (χ0) is 52.2. The minimum absolute atomic E-state index is 0.0437. The van der Waals surface area contributed by atoms with E-state index in [1.54, 1.807) is 42.9 Å². The molecule has 392 valence electrons. The zero-order valence-corrected chi connectivity index (χ0v) is 44.2. The first-order chi connectivity index (χ1) is 35.6. The molecule has 5 aliphatic heterocycles. The molecule has 8 heterocycles. The fraction of sp³-hybridized carbons (Fsp3) is 0.400. The number of hydrogen-bond donors (Lipinski definition) is 2. The lowest BCUT2D eigenvalue weighted by molar-refractivity contribution is -0.106. The number of aromatic nitrogens is 4. The Labute approximate surface area is 435 Å². The average Bonchev–Trinajstić information content (AvgIpc) is 4.14. The van der Waals surface area contributed by atoms with Crippen molar-refractivity contribution in [2.24, 2.45) is 0 Å². The third kappa shape index (κ3) is 13.7. The van der Waals surface area contributed by atoms with Gasteiger partial charge in [0.25, 0.3) is 0 Å². The van der Waals surface area contributed by atoms with Crippen molar-refractivity contribution in [1.82, 2.24) is 30.2 Å². The van der Waals surface area contributed by atoms with Gasteiger partial charge in [0.05, 0.1) is 30.6 Å². The standard InChI is InChI=1S/C20H25N3O2S.C17H13N3O2.C12H17N3O2S.C6H12O2/c1-16-5-7-17(8-6-16)14-22-12-9-20(10-13-22)15-23(26(2,24)25)19-18(20)4-3-11-21-19;21-17(22-14-9-5-2-6-10-14)20-16-12-18-15(11-19-16)13-7-3-1-4-8-13;1-18(16,17)15-9-12(4-7-13-8-5-12)10-3-2-6-14-11(10)15;1-2-7-6-4-3-5-8-6/h3-8,11H,9-10,12-15H2,1-2H3;1-12H,(H,19,20,21);2-3,6,13H,4-5,7-9H2,1H3;6H,2-5H2,1H3. The minimum atomic E-state index is -3.30. The average molecular weight is 1050 g/mol. The van der Waals surface area contributed by atoms with Crippen molar-refractivity contribution < 1.29 is 35.8 Å². The number of piperidine rings is 2. The Hall–Kier alpha value is -6.35. The van der Waals surface area contributed by atoms with E-state index in [0.29, 0.717) is 36.3 Å². The van der Waals surface area contributed by atoms with Crippen LogP contribution in [0.25, 0.3) is 11.3 Å². The topological polar surface area (TPSA) is 198 Å². The van der Waals surface area contributed by atoms with Gasteiger partial charge in [-0.3, -0.25) is 23.8 Å². The number of carbonyl (C=O) groups is 1. The Morgan fingerprint density at radius 2 is 1.31 bits per heavy atom. The van der Waals surface area contributed by atoms with E-state index in [-0.39, 0.29) is 17.1 Å². The van der Waals surface area contributed by atoms with E-state index < -0.39 is 26.1 Å². The van der Waals surface area contributed by atoms with E-state index in [1.807, 2.05) is 61.5 Å². The molecule has 5 aliphatic rings. The molecule has 1 atom stereocenters. The maximum atomic E-state index is 12.2. The van der Waals surface area contributed by atoms with Crippen LogP contribution in [0.3, 0.4) is 0 Å². The Morgan fingerprint density at radius 3 is 1.84 bits per heavy atom. The lowest BCUT2D eigenvalue weighted by atomic mass is 9.75. The van der Waals surface area contributed by atoms with Crippen LogP contribution < -0.4 is 24.0 Å². The van der Waals surface area contributed by atoms with Crippen LogP contribution in [-0.2, 0) is 46.9 Å². The molecule has 3 fully saturated rings. The lowest BCUT2D eigenvalue weighted by Crippen LogP contribution is -2.45. The summed E-state index contributed by atoms with van der Waals surface area (Å²) in [5.41, 5.74) is 6.36. The number of nitrogens with one attached hydrogen (secondary N) is 2. The summed E-state index contributed by atoms with van der Waals surface area (Å²) in [5.74, 6) is 2.05. The van der Waals surface area contributed by atoms with Gasteiger partial charge in [0.1, 0.15) is 17.4 Å². The number of sulfonamides is 2. The summed E-state index contributed by atoms with van der Waals surface area (Å²) < 4.78 is 66.7.